The first-order valence-corrected chi connectivity index (χ1v) is 16.9. The van der Waals surface area contributed by atoms with Gasteiger partial charge in [-0.1, -0.05) is 48.5 Å². The van der Waals surface area contributed by atoms with Gasteiger partial charge in [0.25, 0.3) is 0 Å². The Balaban J connectivity index is 1.34. The van der Waals surface area contributed by atoms with Gasteiger partial charge in [0.15, 0.2) is 0 Å². The maximum atomic E-state index is 14.4. The van der Waals surface area contributed by atoms with Gasteiger partial charge in [0.05, 0.1) is 19.2 Å². The van der Waals surface area contributed by atoms with Gasteiger partial charge in [0.1, 0.15) is 36.1 Å². The van der Waals surface area contributed by atoms with Crippen LogP contribution in [0.4, 0.5) is 9.59 Å². The highest BCUT2D eigenvalue weighted by atomic mass is 16.6. The number of ether oxygens (including phenoxy) is 3. The van der Waals surface area contributed by atoms with Crippen LogP contribution >= 0.6 is 0 Å². The van der Waals surface area contributed by atoms with Crippen LogP contribution in [-0.2, 0) is 30.5 Å². The third-order valence-corrected chi connectivity index (χ3v) is 9.19. The molecule has 1 unspecified atom stereocenters. The molecule has 2 fully saturated rings. The molecule has 49 heavy (non-hydrogen) atoms. The van der Waals surface area contributed by atoms with E-state index in [2.05, 4.69) is 10.6 Å². The minimum absolute atomic E-state index is 0.0476. The summed E-state index contributed by atoms with van der Waals surface area (Å²) >= 11 is 0. The zero-order chi connectivity index (χ0) is 35.3. The van der Waals surface area contributed by atoms with E-state index in [9.17, 15) is 24.0 Å². The highest BCUT2D eigenvalue weighted by molar-refractivity contribution is 5.95. The van der Waals surface area contributed by atoms with Crippen LogP contribution in [0.5, 0.6) is 5.75 Å². The smallest absolute Gasteiger partial charge is 0.410 e. The Bertz CT molecular complexity index is 1530. The molecule has 264 valence electrons. The molecule has 13 heteroatoms. The molecular weight excluding hydrogens is 630 g/mol. The topological polar surface area (TPSA) is 147 Å². The van der Waals surface area contributed by atoms with E-state index in [1.807, 2.05) is 54.6 Å². The number of benzene rings is 2. The number of para-hydroxylation sites is 1. The number of nitrogens with one attached hydrogen (secondary N) is 2. The van der Waals surface area contributed by atoms with Crippen molar-refractivity contribution in [3.8, 4) is 5.75 Å². The molecule has 13 nitrogen and oxygen atoms in total. The minimum Gasteiger partial charge on any atom is -0.493 e. The van der Waals surface area contributed by atoms with Gasteiger partial charge in [-0.25, -0.2) is 9.59 Å². The van der Waals surface area contributed by atoms with Crippen molar-refractivity contribution in [2.75, 3.05) is 26.7 Å². The largest absolute Gasteiger partial charge is 0.493 e. The molecule has 0 bridgehead atoms. The molecule has 5 amide bonds. The second-order valence-electron chi connectivity index (χ2n) is 13.8. The van der Waals surface area contributed by atoms with Crippen LogP contribution in [0.25, 0.3) is 0 Å². The Hall–Kier alpha value is -4.81. The first kappa shape index (κ1) is 35.5. The predicted molar refractivity (Wildman–Crippen MR) is 179 cm³/mol. The SMILES string of the molecule is C[C@@H](C(=O)N[C@H]1CN(C(=O)OCc2ccccc2)CC[C@H]2CC[C@@H](C(=O)NC3CCOc4ccccc43)N2C1=O)N(C)C(=O)OC(C)(C)C. The van der Waals surface area contributed by atoms with Crippen molar-refractivity contribution < 1.29 is 38.2 Å². The zero-order valence-electron chi connectivity index (χ0n) is 28.8. The van der Waals surface area contributed by atoms with E-state index in [-0.39, 0.29) is 37.7 Å². The highest BCUT2D eigenvalue weighted by Crippen LogP contribution is 2.34. The fourth-order valence-corrected chi connectivity index (χ4v) is 6.44. The maximum Gasteiger partial charge on any atom is 0.410 e. The molecule has 3 heterocycles. The van der Waals surface area contributed by atoms with E-state index in [0.717, 1.165) is 21.8 Å². The van der Waals surface area contributed by atoms with Crippen LogP contribution < -0.4 is 15.4 Å². The molecule has 0 aromatic heterocycles. The number of fused-ring (bicyclic) bond motifs is 2. The lowest BCUT2D eigenvalue weighted by atomic mass is 10.00. The molecule has 2 aromatic rings. The van der Waals surface area contributed by atoms with Gasteiger partial charge in [0, 0.05) is 31.6 Å². The molecule has 5 atom stereocenters. The van der Waals surface area contributed by atoms with Gasteiger partial charge in [-0.3, -0.25) is 19.3 Å². The second kappa shape index (κ2) is 15.2. The standard InChI is InChI=1S/C36H47N5O8/c1-23(39(5)34(45)49-36(2,3)4)31(42)38-28-21-40(35(46)48-22-24-11-7-6-8-12-24)19-17-25-15-16-29(41(25)33(28)44)32(43)37-27-18-20-47-30-14-10-9-13-26(27)30/h6-14,23,25,27-29H,15-22H2,1-5H3,(H,37,43)(H,38,42)/t23-,25+,27?,28-,29-/m0/s1. The van der Waals surface area contributed by atoms with Crippen LogP contribution in [0.15, 0.2) is 54.6 Å². The molecule has 3 aliphatic rings. The quantitative estimate of drug-likeness (QED) is 0.451. The summed E-state index contributed by atoms with van der Waals surface area (Å²) in [6.45, 7) is 7.28. The van der Waals surface area contributed by atoms with E-state index >= 15 is 0 Å². The van der Waals surface area contributed by atoms with Crippen molar-refractivity contribution in [1.82, 2.24) is 25.3 Å². The molecule has 2 saturated heterocycles. The number of nitrogens with zero attached hydrogens (tertiary/aromatic N) is 3. The Morgan fingerprint density at radius 2 is 1.67 bits per heavy atom. The third kappa shape index (κ3) is 8.62. The van der Waals surface area contributed by atoms with E-state index in [4.69, 9.17) is 14.2 Å². The first-order chi connectivity index (χ1) is 23.3. The molecular formula is C36H47N5O8. The number of rotatable bonds is 7. The molecule has 3 aliphatic heterocycles. The van der Waals surface area contributed by atoms with Crippen LogP contribution in [0, 0.1) is 0 Å². The van der Waals surface area contributed by atoms with Crippen molar-refractivity contribution in [3.63, 3.8) is 0 Å². The van der Waals surface area contributed by atoms with E-state index in [1.54, 1.807) is 25.7 Å². The lowest BCUT2D eigenvalue weighted by molar-refractivity contribution is -0.145. The summed E-state index contributed by atoms with van der Waals surface area (Å²) in [7, 11) is 1.44. The molecule has 0 aliphatic carbocycles. The molecule has 2 N–H and O–H groups in total. The summed E-state index contributed by atoms with van der Waals surface area (Å²) in [4.78, 5) is 72.1. The minimum atomic E-state index is -1.20. The Morgan fingerprint density at radius 1 is 0.959 bits per heavy atom. The summed E-state index contributed by atoms with van der Waals surface area (Å²) in [6.07, 6.45) is 0.706. The summed E-state index contributed by atoms with van der Waals surface area (Å²) in [6, 6.07) is 13.2. The fraction of sp³-hybridized carbons (Fsp3) is 0.528. The maximum absolute atomic E-state index is 14.4. The van der Waals surface area contributed by atoms with Crippen LogP contribution in [0.3, 0.4) is 0 Å². The third-order valence-electron chi connectivity index (χ3n) is 9.19. The van der Waals surface area contributed by atoms with Gasteiger partial charge in [-0.2, -0.15) is 0 Å². The lowest BCUT2D eigenvalue weighted by Crippen LogP contribution is -2.62. The van der Waals surface area contributed by atoms with Gasteiger partial charge in [0.2, 0.25) is 17.7 Å². The normalized spacial score (nSPS) is 22.7. The zero-order valence-corrected chi connectivity index (χ0v) is 28.8. The fourth-order valence-electron chi connectivity index (χ4n) is 6.44. The van der Waals surface area contributed by atoms with Gasteiger partial charge >= 0.3 is 12.2 Å². The average Bonchev–Trinajstić information content (AvgIpc) is 3.50. The van der Waals surface area contributed by atoms with Crippen LogP contribution in [0.1, 0.15) is 70.5 Å². The predicted octanol–water partition coefficient (Wildman–Crippen LogP) is 3.77. The summed E-state index contributed by atoms with van der Waals surface area (Å²) in [5.74, 6) is -0.643. The Kier molecular flexibility index (Phi) is 11.0. The van der Waals surface area contributed by atoms with E-state index < -0.39 is 47.7 Å². The summed E-state index contributed by atoms with van der Waals surface area (Å²) in [5, 5.41) is 5.93. The number of hydrogen-bond donors (Lipinski definition) is 2. The molecule has 2 aromatic carbocycles. The second-order valence-corrected chi connectivity index (χ2v) is 13.8. The lowest BCUT2D eigenvalue weighted by Gasteiger charge is -2.39. The van der Waals surface area contributed by atoms with Crippen molar-refractivity contribution in [1.29, 1.82) is 0 Å². The Labute approximate surface area is 287 Å². The molecule has 5 rings (SSSR count). The molecule has 0 spiro atoms. The Morgan fingerprint density at radius 3 is 2.41 bits per heavy atom. The van der Waals surface area contributed by atoms with E-state index in [1.165, 1.54) is 18.9 Å². The van der Waals surface area contributed by atoms with Crippen molar-refractivity contribution in [2.24, 2.45) is 0 Å². The van der Waals surface area contributed by atoms with Crippen molar-refractivity contribution >= 4 is 29.9 Å². The van der Waals surface area contributed by atoms with Gasteiger partial charge in [-0.15, -0.1) is 0 Å². The summed E-state index contributed by atoms with van der Waals surface area (Å²) < 4.78 is 16.8. The number of carbonyl (C=O) groups excluding carboxylic acids is 5. The molecule has 0 radical (unpaired) electrons. The van der Waals surface area contributed by atoms with Crippen molar-refractivity contribution in [3.05, 3.63) is 65.7 Å². The van der Waals surface area contributed by atoms with E-state index in [0.29, 0.717) is 32.3 Å². The van der Waals surface area contributed by atoms with Crippen LogP contribution in [-0.4, -0.2) is 101 Å². The average molecular weight is 678 g/mol. The molecule has 0 saturated carbocycles. The number of likely N-dealkylation sites (N-methyl/N-ethyl adjacent to an activating group) is 1. The van der Waals surface area contributed by atoms with Crippen molar-refractivity contribution in [2.45, 2.75) is 95.8 Å². The van der Waals surface area contributed by atoms with Gasteiger partial charge < -0.3 is 34.6 Å². The number of amides is 5. The van der Waals surface area contributed by atoms with Gasteiger partial charge in [-0.05, 0) is 58.6 Å². The number of hydrogen-bond acceptors (Lipinski definition) is 8. The monoisotopic (exact) mass is 677 g/mol. The highest BCUT2D eigenvalue weighted by Gasteiger charge is 2.46. The number of carbonyl (C=O) groups is 5. The summed E-state index contributed by atoms with van der Waals surface area (Å²) in [5.41, 5.74) is 0.921. The first-order valence-electron chi connectivity index (χ1n) is 16.9. The van der Waals surface area contributed by atoms with Crippen LogP contribution in [0.2, 0.25) is 0 Å².